The van der Waals surface area contributed by atoms with Gasteiger partial charge in [0.15, 0.2) is 5.11 Å². The number of aryl methyl sites for hydroxylation is 1. The van der Waals surface area contributed by atoms with Crippen LogP contribution in [0, 0.1) is 6.92 Å². The Bertz CT molecular complexity index is 1230. The van der Waals surface area contributed by atoms with Crippen molar-refractivity contribution in [2.24, 2.45) is 0 Å². The maximum absolute atomic E-state index is 12.8. The smallest absolute Gasteiger partial charge is 0.253 e. The largest absolute Gasteiger partial charge is 0.467 e. The molecule has 2 aromatic heterocycles. The van der Waals surface area contributed by atoms with Crippen molar-refractivity contribution < 1.29 is 4.42 Å². The molecule has 4 aromatic rings. The van der Waals surface area contributed by atoms with E-state index in [1.54, 1.807) is 6.26 Å². The molecule has 2 aromatic carbocycles. The molecule has 0 aliphatic carbocycles. The van der Waals surface area contributed by atoms with E-state index in [0.29, 0.717) is 23.8 Å². The second-order valence-corrected chi connectivity index (χ2v) is 8.12. The van der Waals surface area contributed by atoms with Crippen molar-refractivity contribution in [3.63, 3.8) is 0 Å². The van der Waals surface area contributed by atoms with E-state index in [4.69, 9.17) is 16.6 Å². The van der Waals surface area contributed by atoms with Crippen LogP contribution in [0.2, 0.25) is 0 Å². The quantitative estimate of drug-likeness (QED) is 0.418. The first-order valence-electron chi connectivity index (χ1n) is 10.2. The van der Waals surface area contributed by atoms with E-state index >= 15 is 0 Å². The maximum atomic E-state index is 12.8. The predicted molar refractivity (Wildman–Crippen MR) is 128 cm³/mol. The van der Waals surface area contributed by atoms with Gasteiger partial charge in [-0.25, -0.2) is 0 Å². The number of H-pyrrole nitrogens is 1. The van der Waals surface area contributed by atoms with Crippen molar-refractivity contribution in [3.8, 4) is 0 Å². The molecule has 4 rings (SSSR count). The average molecular weight is 432 g/mol. The van der Waals surface area contributed by atoms with Gasteiger partial charge in [-0.1, -0.05) is 42.0 Å². The number of thiocarbonyl (C=S) groups is 1. The van der Waals surface area contributed by atoms with E-state index in [1.807, 2.05) is 60.4 Å². The molecule has 1 atom stereocenters. The molecule has 2 N–H and O–H groups in total. The van der Waals surface area contributed by atoms with Gasteiger partial charge in [0.05, 0.1) is 25.4 Å². The number of nitrogens with one attached hydrogen (secondary N) is 2. The summed E-state index contributed by atoms with van der Waals surface area (Å²) in [7, 11) is 0. The zero-order valence-corrected chi connectivity index (χ0v) is 18.4. The van der Waals surface area contributed by atoms with Crippen LogP contribution in [0.5, 0.6) is 0 Å². The van der Waals surface area contributed by atoms with E-state index in [0.717, 1.165) is 27.8 Å². The lowest BCUT2D eigenvalue weighted by Gasteiger charge is -2.27. The van der Waals surface area contributed by atoms with E-state index in [9.17, 15) is 4.79 Å². The molecule has 0 aliphatic rings. The molecule has 158 valence electrons. The van der Waals surface area contributed by atoms with Crippen molar-refractivity contribution in [1.29, 1.82) is 0 Å². The summed E-state index contributed by atoms with van der Waals surface area (Å²) in [5, 5.41) is 4.97. The fourth-order valence-corrected chi connectivity index (χ4v) is 3.89. The third kappa shape index (κ3) is 5.03. The van der Waals surface area contributed by atoms with Crippen LogP contribution in [0.15, 0.2) is 82.2 Å². The van der Waals surface area contributed by atoms with E-state index in [1.165, 1.54) is 0 Å². The number of hydrogen-bond acceptors (Lipinski definition) is 3. The van der Waals surface area contributed by atoms with Crippen molar-refractivity contribution in [3.05, 3.63) is 106 Å². The Morgan fingerprint density at radius 3 is 2.65 bits per heavy atom. The minimum atomic E-state index is -0.111. The summed E-state index contributed by atoms with van der Waals surface area (Å²) < 4.78 is 5.54. The lowest BCUT2D eigenvalue weighted by molar-refractivity contribution is 0.347. The first-order chi connectivity index (χ1) is 15.0. The van der Waals surface area contributed by atoms with Gasteiger partial charge in [-0.15, -0.1) is 0 Å². The van der Waals surface area contributed by atoms with Gasteiger partial charge in [-0.2, -0.15) is 0 Å². The third-order valence-corrected chi connectivity index (χ3v) is 5.67. The number of rotatable bonds is 6. The standard InChI is InChI=1S/C25H25N3O2S/c1-17-10-11-23-20(13-17)14-21(24(29)27-23)15-28(16-22-9-6-12-30-22)25(31)26-18(2)19-7-4-3-5-8-19/h3-14,18H,15-16H2,1-2H3,(H,26,31)(H,27,29). The molecule has 0 bridgehead atoms. The molecular formula is C25H25N3O2S. The van der Waals surface area contributed by atoms with Gasteiger partial charge in [0.25, 0.3) is 5.56 Å². The summed E-state index contributed by atoms with van der Waals surface area (Å²) in [6, 6.07) is 21.9. The summed E-state index contributed by atoms with van der Waals surface area (Å²) in [5.74, 6) is 0.782. The molecule has 1 unspecified atom stereocenters. The molecule has 2 heterocycles. The van der Waals surface area contributed by atoms with Crippen LogP contribution in [0.1, 0.15) is 35.4 Å². The van der Waals surface area contributed by atoms with Crippen LogP contribution in [-0.2, 0) is 13.1 Å². The van der Waals surface area contributed by atoms with Crippen LogP contribution in [0.25, 0.3) is 10.9 Å². The van der Waals surface area contributed by atoms with Crippen LogP contribution >= 0.6 is 12.2 Å². The topological polar surface area (TPSA) is 61.3 Å². The summed E-state index contributed by atoms with van der Waals surface area (Å²) in [6.07, 6.45) is 1.64. The minimum absolute atomic E-state index is 0.0327. The molecule has 0 radical (unpaired) electrons. The van der Waals surface area contributed by atoms with Crippen LogP contribution in [0.3, 0.4) is 0 Å². The normalized spacial score (nSPS) is 11.9. The van der Waals surface area contributed by atoms with Gasteiger partial charge < -0.3 is 19.6 Å². The molecule has 0 fully saturated rings. The van der Waals surface area contributed by atoms with Gasteiger partial charge in [0.2, 0.25) is 0 Å². The molecule has 0 amide bonds. The Morgan fingerprint density at radius 1 is 1.10 bits per heavy atom. The van der Waals surface area contributed by atoms with Gasteiger partial charge in [-0.05, 0) is 67.3 Å². The number of aromatic nitrogens is 1. The highest BCUT2D eigenvalue weighted by Gasteiger charge is 2.17. The Labute approximate surface area is 186 Å². The SMILES string of the molecule is Cc1ccc2[nH]c(=O)c(CN(Cc3ccco3)C(=S)NC(C)c3ccccc3)cc2c1. The molecular weight excluding hydrogens is 406 g/mol. The van der Waals surface area contributed by atoms with Gasteiger partial charge in [0, 0.05) is 11.1 Å². The molecule has 0 saturated heterocycles. The zero-order valence-electron chi connectivity index (χ0n) is 17.6. The molecule has 0 spiro atoms. The van der Waals surface area contributed by atoms with Crippen LogP contribution in [-0.4, -0.2) is 15.0 Å². The Hall–Kier alpha value is -3.38. The second-order valence-electron chi connectivity index (χ2n) is 7.73. The van der Waals surface area contributed by atoms with Crippen LogP contribution in [0.4, 0.5) is 0 Å². The number of hydrogen-bond donors (Lipinski definition) is 2. The summed E-state index contributed by atoms with van der Waals surface area (Å²) in [6.45, 7) is 4.94. The van der Waals surface area contributed by atoms with Crippen molar-refractivity contribution in [1.82, 2.24) is 15.2 Å². The molecule has 5 nitrogen and oxygen atoms in total. The lowest BCUT2D eigenvalue weighted by Crippen LogP contribution is -2.41. The van der Waals surface area contributed by atoms with Crippen molar-refractivity contribution in [2.45, 2.75) is 33.0 Å². The molecule has 31 heavy (non-hydrogen) atoms. The average Bonchev–Trinajstić information content (AvgIpc) is 3.27. The highest BCUT2D eigenvalue weighted by molar-refractivity contribution is 7.80. The number of benzene rings is 2. The third-order valence-electron chi connectivity index (χ3n) is 5.29. The second kappa shape index (κ2) is 9.18. The summed E-state index contributed by atoms with van der Waals surface area (Å²) in [5.41, 5.74) is 3.66. The number of pyridine rings is 1. The van der Waals surface area contributed by atoms with Gasteiger partial charge in [-0.3, -0.25) is 4.79 Å². The Balaban J connectivity index is 1.60. The number of nitrogens with zero attached hydrogens (tertiary/aromatic N) is 1. The zero-order chi connectivity index (χ0) is 21.8. The Kier molecular flexibility index (Phi) is 6.18. The van der Waals surface area contributed by atoms with Crippen molar-refractivity contribution >= 4 is 28.2 Å². The predicted octanol–water partition coefficient (Wildman–Crippen LogP) is 5.07. The van der Waals surface area contributed by atoms with E-state index in [2.05, 4.69) is 35.4 Å². The minimum Gasteiger partial charge on any atom is -0.467 e. The molecule has 0 saturated carbocycles. The first-order valence-corrected chi connectivity index (χ1v) is 10.7. The maximum Gasteiger partial charge on any atom is 0.253 e. The molecule has 6 heteroatoms. The summed E-state index contributed by atoms with van der Waals surface area (Å²) >= 11 is 5.74. The fourth-order valence-electron chi connectivity index (χ4n) is 3.59. The summed E-state index contributed by atoms with van der Waals surface area (Å²) in [4.78, 5) is 17.7. The van der Waals surface area contributed by atoms with Gasteiger partial charge in [0.1, 0.15) is 5.76 Å². The monoisotopic (exact) mass is 431 g/mol. The van der Waals surface area contributed by atoms with Gasteiger partial charge >= 0.3 is 0 Å². The lowest BCUT2D eigenvalue weighted by atomic mass is 10.1. The highest BCUT2D eigenvalue weighted by Crippen LogP contribution is 2.17. The Morgan fingerprint density at radius 2 is 1.90 bits per heavy atom. The number of furan rings is 1. The highest BCUT2D eigenvalue weighted by atomic mass is 32.1. The number of fused-ring (bicyclic) bond motifs is 1. The van der Waals surface area contributed by atoms with E-state index < -0.39 is 0 Å². The van der Waals surface area contributed by atoms with E-state index in [-0.39, 0.29) is 11.6 Å². The first kappa shape index (κ1) is 20.9. The number of aromatic amines is 1. The van der Waals surface area contributed by atoms with Crippen LogP contribution < -0.4 is 10.9 Å². The van der Waals surface area contributed by atoms with Crippen molar-refractivity contribution in [2.75, 3.05) is 0 Å². The molecule has 0 aliphatic heterocycles. The fraction of sp³-hybridized carbons (Fsp3) is 0.200.